The highest BCUT2D eigenvalue weighted by Crippen LogP contribution is 2.46. The number of anilines is 1. The first-order chi connectivity index (χ1) is 21.8. The number of nitrogens with zero attached hydrogens (tertiary/aromatic N) is 2. The van der Waals surface area contributed by atoms with Crippen LogP contribution in [0.5, 0.6) is 5.75 Å². The zero-order valence-corrected chi connectivity index (χ0v) is 25.5. The Morgan fingerprint density at radius 2 is 1.89 bits per heavy atom. The Labute approximate surface area is 259 Å². The van der Waals surface area contributed by atoms with E-state index in [2.05, 4.69) is 15.1 Å². The molecule has 1 saturated heterocycles. The van der Waals surface area contributed by atoms with Gasteiger partial charge in [0, 0.05) is 29.7 Å². The number of benzene rings is 2. The summed E-state index contributed by atoms with van der Waals surface area (Å²) < 4.78 is 44.9. The summed E-state index contributed by atoms with van der Waals surface area (Å²) in [5.41, 5.74) is 6.74. The van der Waals surface area contributed by atoms with Gasteiger partial charge in [-0.3, -0.25) is 13.9 Å². The van der Waals surface area contributed by atoms with Crippen molar-refractivity contribution in [2.75, 3.05) is 18.9 Å². The standard InChI is InChI=1S/C31H36N5O8P/c32-27-15-16-36(31(38)34-27)28-19-40-29(43-28)20-41-45(39,44-23-11-5-2-6-12-23)35-26(30(37)42-22-9-3-1-4-10-22)17-21-18-33-25-14-8-7-13-24(21)25/h2,5-8,11-16,18,22,26,28-29,33H,1,3-4,9-10,17,19-20H2,(H,35,39)(H2,32,34,38)/t26?,28-,29-,45?/m0/s1. The van der Waals surface area contributed by atoms with Crippen LogP contribution in [-0.4, -0.2) is 52.2 Å². The lowest BCUT2D eigenvalue weighted by Gasteiger charge is -2.28. The molecule has 4 N–H and O–H groups in total. The molecule has 0 bridgehead atoms. The zero-order valence-electron chi connectivity index (χ0n) is 24.6. The van der Waals surface area contributed by atoms with Gasteiger partial charge in [-0.1, -0.05) is 42.8 Å². The van der Waals surface area contributed by atoms with Crippen LogP contribution in [0.1, 0.15) is 43.9 Å². The summed E-state index contributed by atoms with van der Waals surface area (Å²) in [6.45, 7) is -0.310. The van der Waals surface area contributed by atoms with Crippen LogP contribution in [0.25, 0.3) is 10.9 Å². The number of rotatable bonds is 12. The molecular formula is C31H36N5O8P. The van der Waals surface area contributed by atoms with E-state index in [1.165, 1.54) is 16.8 Å². The van der Waals surface area contributed by atoms with E-state index in [1.54, 1.807) is 30.3 Å². The maximum atomic E-state index is 14.4. The van der Waals surface area contributed by atoms with Gasteiger partial charge in [-0.05, 0) is 55.5 Å². The van der Waals surface area contributed by atoms with Crippen molar-refractivity contribution in [2.45, 2.75) is 63.2 Å². The molecule has 2 aromatic carbocycles. The number of carbonyl (C=O) groups is 1. The van der Waals surface area contributed by atoms with Crippen LogP contribution in [0.2, 0.25) is 0 Å². The van der Waals surface area contributed by atoms with Crippen LogP contribution < -0.4 is 21.0 Å². The number of H-pyrrole nitrogens is 1. The Morgan fingerprint density at radius 3 is 2.69 bits per heavy atom. The lowest BCUT2D eigenvalue weighted by molar-refractivity contribution is -0.152. The third-order valence-corrected chi connectivity index (χ3v) is 9.35. The van der Waals surface area contributed by atoms with Crippen LogP contribution in [0.15, 0.2) is 77.9 Å². The maximum absolute atomic E-state index is 14.4. The van der Waals surface area contributed by atoms with E-state index >= 15 is 0 Å². The second kappa shape index (κ2) is 14.0. The lowest BCUT2D eigenvalue weighted by Crippen LogP contribution is -2.41. The molecule has 0 spiro atoms. The molecule has 2 unspecified atom stereocenters. The predicted molar refractivity (Wildman–Crippen MR) is 165 cm³/mol. The average Bonchev–Trinajstić information content (AvgIpc) is 3.68. The number of ether oxygens (including phenoxy) is 3. The van der Waals surface area contributed by atoms with Gasteiger partial charge in [0.25, 0.3) is 0 Å². The van der Waals surface area contributed by atoms with Crippen molar-refractivity contribution < 1.29 is 32.6 Å². The van der Waals surface area contributed by atoms with Gasteiger partial charge in [-0.2, -0.15) is 10.1 Å². The first-order valence-electron chi connectivity index (χ1n) is 15.0. The molecule has 13 nitrogen and oxygen atoms in total. The fourth-order valence-electron chi connectivity index (χ4n) is 5.51. The normalized spacial score (nSPS) is 20.9. The number of nitrogens with one attached hydrogen (secondary N) is 2. The van der Waals surface area contributed by atoms with Gasteiger partial charge in [0.15, 0.2) is 12.5 Å². The summed E-state index contributed by atoms with van der Waals surface area (Å²) >= 11 is 0. The molecule has 0 radical (unpaired) electrons. The highest BCUT2D eigenvalue weighted by atomic mass is 31.2. The minimum Gasteiger partial charge on any atom is -0.461 e. The Hall–Kier alpha value is -4.00. The summed E-state index contributed by atoms with van der Waals surface area (Å²) in [6, 6.07) is 16.6. The van der Waals surface area contributed by atoms with E-state index in [4.69, 9.17) is 29.0 Å². The molecule has 1 saturated carbocycles. The summed E-state index contributed by atoms with van der Waals surface area (Å²) in [6.07, 6.45) is 6.09. The highest BCUT2D eigenvalue weighted by Gasteiger charge is 2.38. The van der Waals surface area contributed by atoms with E-state index in [0.29, 0.717) is 0 Å². The molecule has 2 aromatic heterocycles. The van der Waals surface area contributed by atoms with Gasteiger partial charge in [0.1, 0.15) is 30.3 Å². The number of aromatic amines is 1. The number of hydrogen-bond acceptors (Lipinski definition) is 10. The molecule has 2 aliphatic rings. The Bertz CT molecular complexity index is 1710. The summed E-state index contributed by atoms with van der Waals surface area (Å²) in [5, 5.41) is 3.82. The van der Waals surface area contributed by atoms with Gasteiger partial charge in [0.05, 0.1) is 6.61 Å². The van der Waals surface area contributed by atoms with Gasteiger partial charge >= 0.3 is 19.4 Å². The first-order valence-corrected chi connectivity index (χ1v) is 16.5. The SMILES string of the molecule is Nc1ccn([C@@H]2CO[C@H](COP(=O)(NC(Cc3c[nH]c4ccccc34)C(=O)OC3CCCCC3)Oc3ccccc3)O2)c(=O)n1. The molecule has 45 heavy (non-hydrogen) atoms. The second-order valence-corrected chi connectivity index (χ2v) is 12.7. The number of hydrogen-bond donors (Lipinski definition) is 3. The number of fused-ring (bicyclic) bond motifs is 1. The smallest absolute Gasteiger partial charge is 0.459 e. The van der Waals surface area contributed by atoms with Gasteiger partial charge in [-0.25, -0.2) is 9.36 Å². The largest absolute Gasteiger partial charge is 0.461 e. The van der Waals surface area contributed by atoms with E-state index < -0.39 is 38.0 Å². The molecule has 2 fully saturated rings. The molecule has 4 aromatic rings. The molecule has 1 aliphatic heterocycles. The third-order valence-electron chi connectivity index (χ3n) is 7.78. The number of nitrogen functional groups attached to an aromatic ring is 1. The van der Waals surface area contributed by atoms with Crippen LogP contribution in [0.3, 0.4) is 0 Å². The third kappa shape index (κ3) is 7.81. The summed E-state index contributed by atoms with van der Waals surface area (Å²) in [4.78, 5) is 32.9. The van der Waals surface area contributed by atoms with Crippen LogP contribution in [0.4, 0.5) is 5.82 Å². The number of aromatic nitrogens is 3. The average molecular weight is 638 g/mol. The second-order valence-electron chi connectivity index (χ2n) is 11.0. The van der Waals surface area contributed by atoms with E-state index in [9.17, 15) is 14.2 Å². The first kappa shape index (κ1) is 31.0. The number of para-hydroxylation sites is 2. The quantitative estimate of drug-likeness (QED) is 0.148. The number of esters is 1. The minimum atomic E-state index is -4.26. The van der Waals surface area contributed by atoms with Crippen molar-refractivity contribution in [1.29, 1.82) is 0 Å². The Kier molecular flexibility index (Phi) is 9.62. The minimum absolute atomic E-state index is 0.0215. The highest BCUT2D eigenvalue weighted by molar-refractivity contribution is 7.52. The van der Waals surface area contributed by atoms with Crippen molar-refractivity contribution >= 4 is 30.4 Å². The molecule has 4 atom stereocenters. The molecule has 3 heterocycles. The molecule has 14 heteroatoms. The zero-order chi connectivity index (χ0) is 31.2. The van der Waals surface area contributed by atoms with E-state index in [1.807, 2.05) is 30.5 Å². The topological polar surface area (TPSA) is 169 Å². The summed E-state index contributed by atoms with van der Waals surface area (Å²) in [7, 11) is -4.26. The fraction of sp³-hybridized carbons (Fsp3) is 0.387. The summed E-state index contributed by atoms with van der Waals surface area (Å²) in [5.74, 6) is -0.189. The van der Waals surface area contributed by atoms with Gasteiger partial charge in [0.2, 0.25) is 0 Å². The van der Waals surface area contributed by atoms with E-state index in [-0.39, 0.29) is 37.3 Å². The monoisotopic (exact) mass is 637 g/mol. The van der Waals surface area contributed by atoms with Crippen LogP contribution >= 0.6 is 7.75 Å². The predicted octanol–water partition coefficient (Wildman–Crippen LogP) is 4.46. The molecule has 0 amide bonds. The number of carbonyl (C=O) groups excluding carboxylic acids is 1. The fourth-order valence-corrected chi connectivity index (χ4v) is 6.99. The molecule has 238 valence electrons. The molecule has 1 aliphatic carbocycles. The maximum Gasteiger partial charge on any atom is 0.459 e. The Morgan fingerprint density at radius 1 is 1.11 bits per heavy atom. The molecule has 6 rings (SSSR count). The van der Waals surface area contributed by atoms with Crippen molar-refractivity contribution in [3.8, 4) is 5.75 Å². The van der Waals surface area contributed by atoms with Crippen molar-refractivity contribution in [1.82, 2.24) is 19.6 Å². The Balaban J connectivity index is 1.22. The van der Waals surface area contributed by atoms with Crippen LogP contribution in [-0.2, 0) is 34.5 Å². The lowest BCUT2D eigenvalue weighted by atomic mass is 9.97. The van der Waals surface area contributed by atoms with Crippen molar-refractivity contribution in [3.05, 3.63) is 89.1 Å². The van der Waals surface area contributed by atoms with Gasteiger partial charge < -0.3 is 29.5 Å². The van der Waals surface area contributed by atoms with E-state index in [0.717, 1.165) is 48.6 Å². The number of nitrogens with two attached hydrogens (primary N) is 1. The van der Waals surface area contributed by atoms with Gasteiger partial charge in [-0.15, -0.1) is 0 Å². The van der Waals surface area contributed by atoms with Crippen molar-refractivity contribution in [2.24, 2.45) is 0 Å². The molecular weight excluding hydrogens is 601 g/mol. The van der Waals surface area contributed by atoms with Crippen molar-refractivity contribution in [3.63, 3.8) is 0 Å². The van der Waals surface area contributed by atoms with Crippen LogP contribution in [0, 0.1) is 0 Å².